The SMILES string of the molecule is O=CNC1(c2ccccn2)CC1C(=O)O. The van der Waals surface area contributed by atoms with Gasteiger partial charge in [0.2, 0.25) is 6.41 Å². The Morgan fingerprint density at radius 1 is 1.67 bits per heavy atom. The molecule has 1 heterocycles. The predicted octanol–water partition coefficient (Wildman–Crippen LogP) is 0.127. The fraction of sp³-hybridized carbons (Fsp3) is 0.300. The minimum absolute atomic E-state index is 0.401. The number of nitrogens with zero attached hydrogens (tertiary/aromatic N) is 1. The lowest BCUT2D eigenvalue weighted by molar-refractivity contribution is -0.139. The van der Waals surface area contributed by atoms with Gasteiger partial charge in [0.1, 0.15) is 0 Å². The van der Waals surface area contributed by atoms with Crippen LogP contribution in [0, 0.1) is 5.92 Å². The van der Waals surface area contributed by atoms with Gasteiger partial charge in [-0.2, -0.15) is 0 Å². The average molecular weight is 206 g/mol. The van der Waals surface area contributed by atoms with Crippen LogP contribution in [0.5, 0.6) is 0 Å². The van der Waals surface area contributed by atoms with Crippen LogP contribution in [0.4, 0.5) is 0 Å². The second-order valence-corrected chi connectivity index (χ2v) is 3.54. The number of pyridine rings is 1. The highest BCUT2D eigenvalue weighted by Gasteiger charge is 2.61. The molecule has 1 aliphatic rings. The standard InChI is InChI=1S/C10H10N2O3/c13-6-12-10(5-7(10)9(14)15)8-3-1-2-4-11-8/h1-4,6-7H,5H2,(H,12,13)(H,14,15). The van der Waals surface area contributed by atoms with E-state index < -0.39 is 17.4 Å². The topological polar surface area (TPSA) is 79.3 Å². The van der Waals surface area contributed by atoms with Crippen molar-refractivity contribution in [2.24, 2.45) is 5.92 Å². The van der Waals surface area contributed by atoms with Gasteiger partial charge in [-0.25, -0.2) is 0 Å². The average Bonchev–Trinajstić information content (AvgIpc) is 2.96. The molecular formula is C10H10N2O3. The largest absolute Gasteiger partial charge is 0.481 e. The summed E-state index contributed by atoms with van der Waals surface area (Å²) in [4.78, 5) is 25.4. The van der Waals surface area contributed by atoms with Crippen molar-refractivity contribution in [1.82, 2.24) is 10.3 Å². The third-order valence-electron chi connectivity index (χ3n) is 2.70. The fourth-order valence-corrected chi connectivity index (χ4v) is 1.81. The van der Waals surface area contributed by atoms with E-state index in [4.69, 9.17) is 5.11 Å². The number of aromatic nitrogens is 1. The van der Waals surface area contributed by atoms with Crippen LogP contribution in [0.3, 0.4) is 0 Å². The van der Waals surface area contributed by atoms with Gasteiger partial charge in [-0.1, -0.05) is 6.07 Å². The number of carbonyl (C=O) groups excluding carboxylic acids is 1. The molecule has 1 saturated carbocycles. The van der Waals surface area contributed by atoms with E-state index in [9.17, 15) is 9.59 Å². The highest BCUT2D eigenvalue weighted by molar-refractivity contribution is 5.77. The minimum atomic E-state index is -0.907. The number of carboxylic acid groups (broad SMARTS) is 1. The molecule has 0 saturated heterocycles. The maximum absolute atomic E-state index is 10.8. The summed E-state index contributed by atoms with van der Waals surface area (Å²) >= 11 is 0. The first kappa shape index (κ1) is 9.64. The molecule has 0 bridgehead atoms. The molecular weight excluding hydrogens is 196 g/mol. The van der Waals surface area contributed by atoms with Crippen LogP contribution in [0.2, 0.25) is 0 Å². The van der Waals surface area contributed by atoms with E-state index >= 15 is 0 Å². The lowest BCUT2D eigenvalue weighted by Gasteiger charge is -2.14. The second kappa shape index (κ2) is 3.34. The Morgan fingerprint density at radius 3 is 2.93 bits per heavy atom. The molecule has 1 fully saturated rings. The Labute approximate surface area is 86.1 Å². The van der Waals surface area contributed by atoms with Crippen LogP contribution in [0.1, 0.15) is 12.1 Å². The third-order valence-corrected chi connectivity index (χ3v) is 2.70. The zero-order chi connectivity index (χ0) is 10.9. The summed E-state index contributed by atoms with van der Waals surface area (Å²) in [5, 5.41) is 11.4. The van der Waals surface area contributed by atoms with Crippen molar-refractivity contribution in [2.75, 3.05) is 0 Å². The summed E-state index contributed by atoms with van der Waals surface area (Å²) in [5.74, 6) is -1.48. The van der Waals surface area contributed by atoms with Crippen LogP contribution in [-0.2, 0) is 15.1 Å². The molecule has 5 heteroatoms. The van der Waals surface area contributed by atoms with Crippen molar-refractivity contribution in [3.05, 3.63) is 30.1 Å². The summed E-state index contributed by atoms with van der Waals surface area (Å²) in [6.07, 6.45) is 2.51. The summed E-state index contributed by atoms with van der Waals surface area (Å²) in [7, 11) is 0. The molecule has 2 atom stereocenters. The number of carbonyl (C=O) groups is 2. The van der Waals surface area contributed by atoms with Gasteiger partial charge in [0.05, 0.1) is 17.2 Å². The number of rotatable bonds is 4. The molecule has 0 spiro atoms. The Balaban J connectivity index is 2.31. The molecule has 78 valence electrons. The number of hydrogen-bond acceptors (Lipinski definition) is 3. The quantitative estimate of drug-likeness (QED) is 0.686. The Kier molecular flexibility index (Phi) is 2.15. The van der Waals surface area contributed by atoms with Gasteiger partial charge in [0, 0.05) is 6.20 Å². The second-order valence-electron chi connectivity index (χ2n) is 3.54. The molecule has 15 heavy (non-hydrogen) atoms. The van der Waals surface area contributed by atoms with Crippen molar-refractivity contribution in [2.45, 2.75) is 12.0 Å². The molecule has 2 rings (SSSR count). The first-order valence-corrected chi connectivity index (χ1v) is 4.56. The van der Waals surface area contributed by atoms with Gasteiger partial charge in [-0.05, 0) is 18.6 Å². The predicted molar refractivity (Wildman–Crippen MR) is 50.9 cm³/mol. The molecule has 0 radical (unpaired) electrons. The van der Waals surface area contributed by atoms with E-state index in [1.54, 1.807) is 24.4 Å². The van der Waals surface area contributed by atoms with Crippen LogP contribution >= 0.6 is 0 Å². The number of hydrogen-bond donors (Lipinski definition) is 2. The number of carboxylic acids is 1. The zero-order valence-corrected chi connectivity index (χ0v) is 7.88. The van der Waals surface area contributed by atoms with E-state index in [0.717, 1.165) is 0 Å². The third kappa shape index (κ3) is 1.45. The van der Waals surface area contributed by atoms with Crippen LogP contribution in [-0.4, -0.2) is 22.5 Å². The molecule has 2 unspecified atom stereocenters. The molecule has 1 amide bonds. The number of aliphatic carboxylic acids is 1. The Morgan fingerprint density at radius 2 is 2.47 bits per heavy atom. The van der Waals surface area contributed by atoms with E-state index in [1.807, 2.05) is 0 Å². The van der Waals surface area contributed by atoms with E-state index in [-0.39, 0.29) is 0 Å². The van der Waals surface area contributed by atoms with Crippen LogP contribution < -0.4 is 5.32 Å². The van der Waals surface area contributed by atoms with Gasteiger partial charge < -0.3 is 10.4 Å². The van der Waals surface area contributed by atoms with Gasteiger partial charge in [0.25, 0.3) is 0 Å². The summed E-state index contributed by atoms with van der Waals surface area (Å²) < 4.78 is 0. The first-order chi connectivity index (χ1) is 7.20. The zero-order valence-electron chi connectivity index (χ0n) is 7.88. The lowest BCUT2D eigenvalue weighted by atomic mass is 10.1. The molecule has 5 nitrogen and oxygen atoms in total. The smallest absolute Gasteiger partial charge is 0.309 e. The molecule has 1 aromatic heterocycles. The fourth-order valence-electron chi connectivity index (χ4n) is 1.81. The Hall–Kier alpha value is -1.91. The number of amides is 1. The van der Waals surface area contributed by atoms with Crippen molar-refractivity contribution in [3.63, 3.8) is 0 Å². The highest BCUT2D eigenvalue weighted by Crippen LogP contribution is 2.50. The Bertz CT molecular complexity index is 393. The van der Waals surface area contributed by atoms with Gasteiger partial charge in [-0.3, -0.25) is 14.6 Å². The van der Waals surface area contributed by atoms with Crippen LogP contribution in [0.25, 0.3) is 0 Å². The number of nitrogens with one attached hydrogen (secondary N) is 1. The maximum Gasteiger partial charge on any atom is 0.309 e. The summed E-state index contributed by atoms with van der Waals surface area (Å²) in [6, 6.07) is 5.24. The first-order valence-electron chi connectivity index (χ1n) is 4.56. The molecule has 0 aliphatic heterocycles. The maximum atomic E-state index is 10.8. The van der Waals surface area contributed by atoms with Gasteiger partial charge >= 0.3 is 5.97 Å². The lowest BCUT2D eigenvalue weighted by Crippen LogP contribution is -2.32. The van der Waals surface area contributed by atoms with E-state index in [0.29, 0.717) is 18.5 Å². The monoisotopic (exact) mass is 206 g/mol. The van der Waals surface area contributed by atoms with Crippen molar-refractivity contribution < 1.29 is 14.7 Å². The van der Waals surface area contributed by atoms with Gasteiger partial charge in [0.15, 0.2) is 0 Å². The minimum Gasteiger partial charge on any atom is -0.481 e. The normalized spacial score (nSPS) is 28.1. The van der Waals surface area contributed by atoms with Crippen molar-refractivity contribution in [3.8, 4) is 0 Å². The molecule has 0 aromatic carbocycles. The highest BCUT2D eigenvalue weighted by atomic mass is 16.4. The summed E-state index contributed by atoms with van der Waals surface area (Å²) in [5.41, 5.74) is -0.195. The van der Waals surface area contributed by atoms with Crippen molar-refractivity contribution >= 4 is 12.4 Å². The van der Waals surface area contributed by atoms with Gasteiger partial charge in [-0.15, -0.1) is 0 Å². The summed E-state index contributed by atoms with van der Waals surface area (Å²) in [6.45, 7) is 0. The molecule has 1 aliphatic carbocycles. The van der Waals surface area contributed by atoms with Crippen molar-refractivity contribution in [1.29, 1.82) is 0 Å². The van der Waals surface area contributed by atoms with E-state index in [1.165, 1.54) is 0 Å². The van der Waals surface area contributed by atoms with Crippen LogP contribution in [0.15, 0.2) is 24.4 Å². The molecule has 1 aromatic rings. The van der Waals surface area contributed by atoms with E-state index in [2.05, 4.69) is 10.3 Å². The molecule has 2 N–H and O–H groups in total.